The molecule has 1 fully saturated rings. The largest absolute Gasteiger partial charge is 0.368 e. The van der Waals surface area contributed by atoms with Crippen molar-refractivity contribution >= 4 is 23.2 Å². The monoisotopic (exact) mass is 437 g/mol. The Morgan fingerprint density at radius 1 is 0.903 bits per heavy atom. The summed E-state index contributed by atoms with van der Waals surface area (Å²) in [5.74, 6) is -0.460. The maximum absolute atomic E-state index is 13.3. The zero-order chi connectivity index (χ0) is 21.6. The van der Waals surface area contributed by atoms with E-state index >= 15 is 0 Å². The Bertz CT molecular complexity index is 1050. The highest BCUT2D eigenvalue weighted by atomic mass is 35.5. The van der Waals surface area contributed by atoms with Gasteiger partial charge in [-0.15, -0.1) is 0 Å². The molecule has 0 aromatic heterocycles. The van der Waals surface area contributed by atoms with Crippen molar-refractivity contribution in [3.05, 3.63) is 100 Å². The molecule has 1 saturated heterocycles. The van der Waals surface area contributed by atoms with Crippen LogP contribution in [0.5, 0.6) is 0 Å². The third-order valence-corrected chi connectivity index (χ3v) is 5.82. The molecule has 0 spiro atoms. The van der Waals surface area contributed by atoms with Gasteiger partial charge in [-0.1, -0.05) is 48.0 Å². The molecule has 1 N–H and O–H groups in total. The lowest BCUT2D eigenvalue weighted by molar-refractivity contribution is 0.0950. The molecule has 4 rings (SSSR count). The molecule has 0 aliphatic carbocycles. The number of benzene rings is 3. The standard InChI is InChI=1S/C25H25ClFN3O/c26-23-9-1-2-10-24(23)30-13-11-29(12-14-30)18-20-6-3-7-21(15-20)25(31)28-17-19-5-4-8-22(27)16-19/h1-10,15-16H,11-14,17-18H2,(H,28,31). The average Bonchev–Trinajstić information content (AvgIpc) is 2.79. The quantitative estimate of drug-likeness (QED) is 0.605. The van der Waals surface area contributed by atoms with Crippen molar-refractivity contribution in [1.82, 2.24) is 10.2 Å². The predicted octanol–water partition coefficient (Wildman–Crippen LogP) is 4.73. The van der Waals surface area contributed by atoms with Gasteiger partial charge in [0.15, 0.2) is 0 Å². The molecule has 4 nitrogen and oxygen atoms in total. The van der Waals surface area contributed by atoms with Crippen LogP contribution in [0.3, 0.4) is 0 Å². The molecule has 0 unspecified atom stereocenters. The van der Waals surface area contributed by atoms with E-state index in [1.54, 1.807) is 18.2 Å². The average molecular weight is 438 g/mol. The van der Waals surface area contributed by atoms with Gasteiger partial charge in [0.05, 0.1) is 10.7 Å². The summed E-state index contributed by atoms with van der Waals surface area (Å²) in [5.41, 5.74) is 3.54. The van der Waals surface area contributed by atoms with E-state index in [1.807, 2.05) is 36.4 Å². The van der Waals surface area contributed by atoms with Crippen molar-refractivity contribution in [3.63, 3.8) is 0 Å². The number of rotatable bonds is 6. The minimum atomic E-state index is -0.302. The zero-order valence-electron chi connectivity index (χ0n) is 17.2. The summed E-state index contributed by atoms with van der Waals surface area (Å²) in [6.07, 6.45) is 0. The van der Waals surface area contributed by atoms with Crippen molar-refractivity contribution in [2.75, 3.05) is 31.1 Å². The zero-order valence-corrected chi connectivity index (χ0v) is 18.0. The molecule has 0 atom stereocenters. The first-order valence-corrected chi connectivity index (χ1v) is 10.8. The van der Waals surface area contributed by atoms with Gasteiger partial charge in [0.25, 0.3) is 5.91 Å². The third-order valence-electron chi connectivity index (χ3n) is 5.50. The first-order valence-electron chi connectivity index (χ1n) is 10.4. The highest BCUT2D eigenvalue weighted by Gasteiger charge is 2.19. The smallest absolute Gasteiger partial charge is 0.251 e. The van der Waals surface area contributed by atoms with E-state index in [-0.39, 0.29) is 11.7 Å². The number of hydrogen-bond donors (Lipinski definition) is 1. The highest BCUT2D eigenvalue weighted by molar-refractivity contribution is 6.33. The fourth-order valence-electron chi connectivity index (χ4n) is 3.86. The second-order valence-electron chi connectivity index (χ2n) is 7.73. The van der Waals surface area contributed by atoms with E-state index in [2.05, 4.69) is 21.2 Å². The van der Waals surface area contributed by atoms with Gasteiger partial charge < -0.3 is 10.2 Å². The molecule has 3 aromatic rings. The highest BCUT2D eigenvalue weighted by Crippen LogP contribution is 2.26. The van der Waals surface area contributed by atoms with Gasteiger partial charge in [-0.25, -0.2) is 4.39 Å². The number of carbonyl (C=O) groups excluding carboxylic acids is 1. The van der Waals surface area contributed by atoms with E-state index in [4.69, 9.17) is 11.6 Å². The normalized spacial score (nSPS) is 14.5. The molecular weight excluding hydrogens is 413 g/mol. The maximum Gasteiger partial charge on any atom is 0.251 e. The van der Waals surface area contributed by atoms with Crippen LogP contribution in [0.25, 0.3) is 0 Å². The Morgan fingerprint density at radius 3 is 2.42 bits per heavy atom. The van der Waals surface area contributed by atoms with Crippen LogP contribution in [0.4, 0.5) is 10.1 Å². The summed E-state index contributed by atoms with van der Waals surface area (Å²) in [5, 5.41) is 3.65. The maximum atomic E-state index is 13.3. The summed E-state index contributed by atoms with van der Waals surface area (Å²) in [7, 11) is 0. The van der Waals surface area contributed by atoms with E-state index < -0.39 is 0 Å². The first kappa shape index (κ1) is 21.3. The van der Waals surface area contributed by atoms with Gasteiger partial charge in [0.1, 0.15) is 5.82 Å². The third kappa shape index (κ3) is 5.63. The van der Waals surface area contributed by atoms with E-state index in [1.165, 1.54) is 12.1 Å². The SMILES string of the molecule is O=C(NCc1cccc(F)c1)c1cccc(CN2CCN(c3ccccc3Cl)CC2)c1. The number of hydrogen-bond acceptors (Lipinski definition) is 3. The Balaban J connectivity index is 1.31. The predicted molar refractivity (Wildman–Crippen MR) is 123 cm³/mol. The van der Waals surface area contributed by atoms with Gasteiger partial charge >= 0.3 is 0 Å². The van der Waals surface area contributed by atoms with Crippen molar-refractivity contribution in [1.29, 1.82) is 0 Å². The molecule has 0 saturated carbocycles. The molecule has 1 amide bonds. The number of anilines is 1. The van der Waals surface area contributed by atoms with Crippen LogP contribution in [0.15, 0.2) is 72.8 Å². The lowest BCUT2D eigenvalue weighted by Crippen LogP contribution is -2.46. The van der Waals surface area contributed by atoms with Gasteiger partial charge in [0, 0.05) is 44.8 Å². The summed E-state index contributed by atoms with van der Waals surface area (Å²) >= 11 is 6.33. The van der Waals surface area contributed by atoms with Gasteiger partial charge in [0.2, 0.25) is 0 Å². The number of carbonyl (C=O) groups is 1. The second-order valence-corrected chi connectivity index (χ2v) is 8.13. The minimum Gasteiger partial charge on any atom is -0.368 e. The topological polar surface area (TPSA) is 35.6 Å². The van der Waals surface area contributed by atoms with E-state index in [0.29, 0.717) is 12.1 Å². The molecule has 1 heterocycles. The summed E-state index contributed by atoms with van der Waals surface area (Å²) in [6, 6.07) is 21.9. The summed E-state index contributed by atoms with van der Waals surface area (Å²) in [6.45, 7) is 4.78. The van der Waals surface area contributed by atoms with E-state index in [9.17, 15) is 9.18 Å². The molecule has 0 radical (unpaired) electrons. The van der Waals surface area contributed by atoms with Crippen LogP contribution in [0.2, 0.25) is 5.02 Å². The van der Waals surface area contributed by atoms with Crippen molar-refractivity contribution < 1.29 is 9.18 Å². The molecule has 6 heteroatoms. The Hall–Kier alpha value is -2.89. The number of nitrogens with one attached hydrogen (secondary N) is 1. The van der Waals surface area contributed by atoms with Crippen LogP contribution < -0.4 is 10.2 Å². The molecular formula is C25H25ClFN3O. The number of piperazine rings is 1. The number of amides is 1. The number of halogens is 2. The fourth-order valence-corrected chi connectivity index (χ4v) is 4.11. The van der Waals surface area contributed by atoms with Crippen LogP contribution in [0, 0.1) is 5.82 Å². The lowest BCUT2D eigenvalue weighted by Gasteiger charge is -2.36. The van der Waals surface area contributed by atoms with Crippen molar-refractivity contribution in [2.45, 2.75) is 13.1 Å². The van der Waals surface area contributed by atoms with E-state index in [0.717, 1.165) is 54.6 Å². The molecule has 31 heavy (non-hydrogen) atoms. The van der Waals surface area contributed by atoms with Crippen LogP contribution >= 0.6 is 11.6 Å². The first-order chi connectivity index (χ1) is 15.1. The van der Waals surface area contributed by atoms with Crippen molar-refractivity contribution in [3.8, 4) is 0 Å². The molecule has 1 aliphatic heterocycles. The Morgan fingerprint density at radius 2 is 1.65 bits per heavy atom. The number of para-hydroxylation sites is 1. The number of nitrogens with zero attached hydrogens (tertiary/aromatic N) is 2. The van der Waals surface area contributed by atoms with Crippen LogP contribution in [0.1, 0.15) is 21.5 Å². The van der Waals surface area contributed by atoms with Gasteiger partial charge in [-0.05, 0) is 47.5 Å². The molecule has 160 valence electrons. The van der Waals surface area contributed by atoms with Crippen LogP contribution in [-0.4, -0.2) is 37.0 Å². The van der Waals surface area contributed by atoms with Gasteiger partial charge in [-0.2, -0.15) is 0 Å². The van der Waals surface area contributed by atoms with Crippen LogP contribution in [-0.2, 0) is 13.1 Å². The summed E-state index contributed by atoms with van der Waals surface area (Å²) < 4.78 is 13.3. The van der Waals surface area contributed by atoms with Crippen molar-refractivity contribution in [2.24, 2.45) is 0 Å². The molecule has 3 aromatic carbocycles. The summed E-state index contributed by atoms with van der Waals surface area (Å²) in [4.78, 5) is 17.2. The lowest BCUT2D eigenvalue weighted by atomic mass is 10.1. The second kappa shape index (κ2) is 9.94. The molecule has 1 aliphatic rings. The minimum absolute atomic E-state index is 0.158. The Labute approximate surface area is 187 Å². The van der Waals surface area contributed by atoms with Gasteiger partial charge in [-0.3, -0.25) is 9.69 Å². The fraction of sp³-hybridized carbons (Fsp3) is 0.240. The molecule has 0 bridgehead atoms. The Kier molecular flexibility index (Phi) is 6.85.